The van der Waals surface area contributed by atoms with Crippen molar-refractivity contribution in [3.63, 3.8) is 0 Å². The maximum absolute atomic E-state index is 5.61. The third-order valence-electron chi connectivity index (χ3n) is 2.68. The zero-order valence-electron chi connectivity index (χ0n) is 10.3. The van der Waals surface area contributed by atoms with Crippen molar-refractivity contribution in [3.8, 4) is 5.95 Å². The minimum absolute atomic E-state index is 0.172. The van der Waals surface area contributed by atoms with Crippen molar-refractivity contribution in [2.24, 2.45) is 0 Å². The van der Waals surface area contributed by atoms with E-state index in [9.17, 15) is 0 Å². The molecular formula is C12H12N6O. The molecule has 0 amide bonds. The summed E-state index contributed by atoms with van der Waals surface area (Å²) in [5, 5.41) is 0. The van der Waals surface area contributed by atoms with Crippen molar-refractivity contribution >= 4 is 17.0 Å². The number of nitrogens with zero attached hydrogens (tertiary/aromatic N) is 5. The van der Waals surface area contributed by atoms with Gasteiger partial charge in [0.1, 0.15) is 18.8 Å². The van der Waals surface area contributed by atoms with E-state index in [0.29, 0.717) is 18.4 Å². The molecule has 2 aromatic heterocycles. The predicted molar refractivity (Wildman–Crippen MR) is 69.6 cm³/mol. The molecule has 3 aromatic rings. The van der Waals surface area contributed by atoms with Crippen LogP contribution in [0.1, 0.15) is 5.82 Å². The number of nitrogen functional groups attached to an aromatic ring is 1. The standard InChI is InChI=1S/C12H12N6O/c1-19-6-10-16-8-4-2-3-5-9(8)18(10)12-15-7-14-11(13)17-12/h2-5,7H,6H2,1H3,(H2,13,14,15,17). The van der Waals surface area contributed by atoms with Crippen LogP contribution >= 0.6 is 0 Å². The highest BCUT2D eigenvalue weighted by Crippen LogP contribution is 2.19. The fourth-order valence-corrected chi connectivity index (χ4v) is 1.93. The maximum Gasteiger partial charge on any atom is 0.240 e. The Balaban J connectivity index is 2.28. The molecule has 0 saturated carbocycles. The van der Waals surface area contributed by atoms with E-state index in [4.69, 9.17) is 10.5 Å². The SMILES string of the molecule is COCc1nc2ccccc2n1-c1ncnc(N)n1. The van der Waals surface area contributed by atoms with E-state index in [1.165, 1.54) is 6.33 Å². The van der Waals surface area contributed by atoms with Gasteiger partial charge in [-0.25, -0.2) is 15.0 Å². The highest BCUT2D eigenvalue weighted by Gasteiger charge is 2.14. The van der Waals surface area contributed by atoms with E-state index in [-0.39, 0.29) is 5.95 Å². The Morgan fingerprint density at radius 2 is 2.05 bits per heavy atom. The lowest BCUT2D eigenvalue weighted by atomic mass is 10.3. The average molecular weight is 256 g/mol. The van der Waals surface area contributed by atoms with Gasteiger partial charge in [-0.05, 0) is 12.1 Å². The molecule has 0 saturated heterocycles. The highest BCUT2D eigenvalue weighted by molar-refractivity contribution is 5.77. The molecule has 0 radical (unpaired) electrons. The first kappa shape index (κ1) is 11.5. The van der Waals surface area contributed by atoms with Crippen LogP contribution in [0, 0.1) is 0 Å². The zero-order chi connectivity index (χ0) is 13.2. The van der Waals surface area contributed by atoms with Gasteiger partial charge >= 0.3 is 0 Å². The molecule has 0 unspecified atom stereocenters. The summed E-state index contributed by atoms with van der Waals surface area (Å²) in [5.74, 6) is 1.33. The van der Waals surface area contributed by atoms with Crippen molar-refractivity contribution in [1.29, 1.82) is 0 Å². The lowest BCUT2D eigenvalue weighted by Crippen LogP contribution is -2.08. The van der Waals surface area contributed by atoms with Gasteiger partial charge in [0.2, 0.25) is 11.9 Å². The monoisotopic (exact) mass is 256 g/mol. The van der Waals surface area contributed by atoms with Crippen molar-refractivity contribution < 1.29 is 4.74 Å². The minimum atomic E-state index is 0.172. The van der Waals surface area contributed by atoms with Crippen molar-refractivity contribution in [1.82, 2.24) is 24.5 Å². The third kappa shape index (κ3) is 2.00. The van der Waals surface area contributed by atoms with Crippen LogP contribution < -0.4 is 5.73 Å². The molecule has 0 fully saturated rings. The number of hydrogen-bond donors (Lipinski definition) is 1. The number of methoxy groups -OCH3 is 1. The molecule has 3 rings (SSSR count). The first-order chi connectivity index (χ1) is 9.29. The van der Waals surface area contributed by atoms with Crippen LogP contribution in [0.15, 0.2) is 30.6 Å². The number of rotatable bonds is 3. The van der Waals surface area contributed by atoms with E-state index in [0.717, 1.165) is 11.0 Å². The van der Waals surface area contributed by atoms with Gasteiger partial charge in [0.25, 0.3) is 0 Å². The first-order valence-electron chi connectivity index (χ1n) is 5.70. The van der Waals surface area contributed by atoms with Crippen LogP contribution in [0.5, 0.6) is 0 Å². The molecule has 2 heterocycles. The normalized spacial score (nSPS) is 11.0. The van der Waals surface area contributed by atoms with E-state index < -0.39 is 0 Å². The molecule has 0 atom stereocenters. The van der Waals surface area contributed by atoms with Gasteiger partial charge in [0, 0.05) is 7.11 Å². The number of benzene rings is 1. The lowest BCUT2D eigenvalue weighted by molar-refractivity contribution is 0.176. The topological polar surface area (TPSA) is 91.7 Å². The van der Waals surface area contributed by atoms with E-state index in [1.54, 1.807) is 7.11 Å². The molecule has 7 nitrogen and oxygen atoms in total. The number of imidazole rings is 1. The molecule has 2 N–H and O–H groups in total. The molecule has 1 aromatic carbocycles. The summed E-state index contributed by atoms with van der Waals surface area (Å²) in [4.78, 5) is 16.6. The molecule has 0 spiro atoms. The summed E-state index contributed by atoms with van der Waals surface area (Å²) in [6.45, 7) is 0.361. The van der Waals surface area contributed by atoms with Crippen LogP contribution in [-0.4, -0.2) is 31.6 Å². The Kier molecular flexibility index (Phi) is 2.81. The van der Waals surface area contributed by atoms with Gasteiger partial charge in [-0.3, -0.25) is 4.57 Å². The Morgan fingerprint density at radius 3 is 2.84 bits per heavy atom. The van der Waals surface area contributed by atoms with Crippen LogP contribution in [0.4, 0.5) is 5.95 Å². The number of para-hydroxylation sites is 2. The maximum atomic E-state index is 5.61. The summed E-state index contributed by atoms with van der Waals surface area (Å²) in [7, 11) is 1.62. The second-order valence-corrected chi connectivity index (χ2v) is 3.93. The summed E-state index contributed by atoms with van der Waals surface area (Å²) in [6, 6.07) is 7.73. The fourth-order valence-electron chi connectivity index (χ4n) is 1.93. The average Bonchev–Trinajstić information content (AvgIpc) is 2.77. The quantitative estimate of drug-likeness (QED) is 0.749. The minimum Gasteiger partial charge on any atom is -0.377 e. The second-order valence-electron chi connectivity index (χ2n) is 3.93. The first-order valence-corrected chi connectivity index (χ1v) is 5.70. The Hall–Kier alpha value is -2.54. The molecule has 0 aliphatic rings. The number of nitrogens with two attached hydrogens (primary N) is 1. The highest BCUT2D eigenvalue weighted by atomic mass is 16.5. The molecular weight excluding hydrogens is 244 g/mol. The third-order valence-corrected chi connectivity index (χ3v) is 2.68. The largest absolute Gasteiger partial charge is 0.377 e. The number of hydrogen-bond acceptors (Lipinski definition) is 6. The van der Waals surface area contributed by atoms with Crippen molar-refractivity contribution in [2.45, 2.75) is 6.61 Å². The van der Waals surface area contributed by atoms with Crippen molar-refractivity contribution in [3.05, 3.63) is 36.4 Å². The van der Waals surface area contributed by atoms with Gasteiger partial charge in [-0.1, -0.05) is 12.1 Å². The van der Waals surface area contributed by atoms with Crippen LogP contribution in [0.2, 0.25) is 0 Å². The van der Waals surface area contributed by atoms with E-state index >= 15 is 0 Å². The van der Waals surface area contributed by atoms with Crippen LogP contribution in [0.25, 0.3) is 17.0 Å². The van der Waals surface area contributed by atoms with Gasteiger partial charge in [0.05, 0.1) is 11.0 Å². The summed E-state index contributed by atoms with van der Waals surface area (Å²) < 4.78 is 6.98. The molecule has 0 aliphatic heterocycles. The number of aromatic nitrogens is 5. The van der Waals surface area contributed by atoms with Gasteiger partial charge in [-0.15, -0.1) is 0 Å². The summed E-state index contributed by atoms with van der Waals surface area (Å²) >= 11 is 0. The number of ether oxygens (including phenoxy) is 1. The van der Waals surface area contributed by atoms with Crippen LogP contribution in [-0.2, 0) is 11.3 Å². The summed E-state index contributed by atoms with van der Waals surface area (Å²) in [5.41, 5.74) is 7.36. The van der Waals surface area contributed by atoms with E-state index in [2.05, 4.69) is 19.9 Å². The van der Waals surface area contributed by atoms with Crippen molar-refractivity contribution in [2.75, 3.05) is 12.8 Å². The smallest absolute Gasteiger partial charge is 0.240 e. The van der Waals surface area contributed by atoms with Gasteiger partial charge in [0.15, 0.2) is 0 Å². The van der Waals surface area contributed by atoms with Gasteiger partial charge in [-0.2, -0.15) is 4.98 Å². The van der Waals surface area contributed by atoms with E-state index in [1.807, 2.05) is 28.8 Å². The van der Waals surface area contributed by atoms with Crippen LogP contribution in [0.3, 0.4) is 0 Å². The molecule has 96 valence electrons. The predicted octanol–water partition coefficient (Wildman–Crippen LogP) is 0.939. The number of anilines is 1. The number of fused-ring (bicyclic) bond motifs is 1. The fraction of sp³-hybridized carbons (Fsp3) is 0.167. The Bertz CT molecular complexity index is 723. The Morgan fingerprint density at radius 1 is 1.21 bits per heavy atom. The summed E-state index contributed by atoms with van der Waals surface area (Å²) in [6.07, 6.45) is 1.38. The molecule has 19 heavy (non-hydrogen) atoms. The zero-order valence-corrected chi connectivity index (χ0v) is 10.3. The Labute approximate surface area is 109 Å². The molecule has 0 bridgehead atoms. The van der Waals surface area contributed by atoms with Gasteiger partial charge < -0.3 is 10.5 Å². The molecule has 7 heteroatoms. The lowest BCUT2D eigenvalue weighted by Gasteiger charge is -2.06. The second kappa shape index (κ2) is 4.62. The molecule has 0 aliphatic carbocycles.